The molecule has 0 aliphatic rings. The average molecular weight is 224 g/mol. The second-order valence-electron chi connectivity index (χ2n) is 3.28. The van der Waals surface area contributed by atoms with Gasteiger partial charge in [-0.2, -0.15) is 0 Å². The molecule has 0 saturated carbocycles. The number of carboxylic acids is 1. The molecule has 1 rings (SSSR count). The van der Waals surface area contributed by atoms with Gasteiger partial charge in [0.2, 0.25) is 0 Å². The molecule has 1 atom stereocenters. The van der Waals surface area contributed by atoms with Gasteiger partial charge in [0.1, 0.15) is 6.04 Å². The van der Waals surface area contributed by atoms with E-state index in [1.165, 1.54) is 0 Å². The number of nitrogens with one attached hydrogen (secondary N) is 1. The molecule has 0 bridgehead atoms. The van der Waals surface area contributed by atoms with E-state index in [2.05, 4.69) is 5.32 Å². The summed E-state index contributed by atoms with van der Waals surface area (Å²) in [5.41, 5.74) is 6.42. The third kappa shape index (κ3) is 3.58. The maximum Gasteiger partial charge on any atom is 0.409 e. The second-order valence-corrected chi connectivity index (χ2v) is 3.28. The van der Waals surface area contributed by atoms with E-state index < -0.39 is 18.1 Å². The van der Waals surface area contributed by atoms with Crippen LogP contribution in [0.5, 0.6) is 0 Å². The molecule has 16 heavy (non-hydrogen) atoms. The lowest BCUT2D eigenvalue weighted by molar-refractivity contribution is -0.138. The Balaban J connectivity index is 2.74. The highest BCUT2D eigenvalue weighted by molar-refractivity contribution is 5.83. The molecule has 0 aliphatic carbocycles. The smallest absolute Gasteiger partial charge is 0.409 e. The monoisotopic (exact) mass is 224 g/mol. The highest BCUT2D eigenvalue weighted by atomic mass is 16.4. The number of amides is 1. The number of nitrogens with two attached hydrogens (primary N) is 1. The molecule has 1 amide bonds. The summed E-state index contributed by atoms with van der Waals surface area (Å²) in [7, 11) is 0. The van der Waals surface area contributed by atoms with E-state index in [9.17, 15) is 9.59 Å². The lowest BCUT2D eigenvalue weighted by atomic mass is 10.1. The zero-order valence-corrected chi connectivity index (χ0v) is 8.38. The number of carbonyl (C=O) groups is 2. The normalized spacial score (nSPS) is 11.8. The third-order valence-electron chi connectivity index (χ3n) is 1.95. The Bertz CT molecular complexity index is 406. The topological polar surface area (TPSA) is 113 Å². The third-order valence-corrected chi connectivity index (χ3v) is 1.95. The molecule has 0 aliphatic heterocycles. The van der Waals surface area contributed by atoms with E-state index in [1.54, 1.807) is 24.3 Å². The SMILES string of the molecule is NC(Cc1cccc(NC(=O)O)c1)C(=O)O. The Hall–Kier alpha value is -2.08. The maximum absolute atomic E-state index is 10.5. The van der Waals surface area contributed by atoms with Crippen molar-refractivity contribution in [2.45, 2.75) is 12.5 Å². The van der Waals surface area contributed by atoms with Crippen molar-refractivity contribution in [3.05, 3.63) is 29.8 Å². The molecule has 5 N–H and O–H groups in total. The molecule has 0 saturated heterocycles. The van der Waals surface area contributed by atoms with Gasteiger partial charge in [0.05, 0.1) is 0 Å². The molecule has 6 heteroatoms. The van der Waals surface area contributed by atoms with Gasteiger partial charge < -0.3 is 15.9 Å². The van der Waals surface area contributed by atoms with Crippen LogP contribution >= 0.6 is 0 Å². The van der Waals surface area contributed by atoms with Gasteiger partial charge in [0.15, 0.2) is 0 Å². The number of benzene rings is 1. The summed E-state index contributed by atoms with van der Waals surface area (Å²) in [6.45, 7) is 0. The number of carboxylic acid groups (broad SMARTS) is 2. The number of hydrogen-bond donors (Lipinski definition) is 4. The number of anilines is 1. The summed E-state index contributed by atoms with van der Waals surface area (Å²) in [4.78, 5) is 20.9. The molecule has 1 aromatic carbocycles. The van der Waals surface area contributed by atoms with Crippen molar-refractivity contribution in [3.8, 4) is 0 Å². The van der Waals surface area contributed by atoms with Gasteiger partial charge in [-0.05, 0) is 24.1 Å². The molecule has 0 radical (unpaired) electrons. The number of aliphatic carboxylic acids is 1. The molecule has 0 fully saturated rings. The van der Waals surface area contributed by atoms with Crippen LogP contribution in [0.1, 0.15) is 5.56 Å². The second kappa shape index (κ2) is 5.13. The molecular weight excluding hydrogens is 212 g/mol. The molecule has 1 aromatic rings. The zero-order chi connectivity index (χ0) is 12.1. The van der Waals surface area contributed by atoms with E-state index >= 15 is 0 Å². The van der Waals surface area contributed by atoms with Gasteiger partial charge in [0, 0.05) is 5.69 Å². The van der Waals surface area contributed by atoms with Crippen molar-refractivity contribution in [2.75, 3.05) is 5.32 Å². The number of hydrogen-bond acceptors (Lipinski definition) is 3. The molecule has 0 spiro atoms. The zero-order valence-electron chi connectivity index (χ0n) is 8.38. The summed E-state index contributed by atoms with van der Waals surface area (Å²) < 4.78 is 0. The number of rotatable bonds is 4. The van der Waals surface area contributed by atoms with Gasteiger partial charge in [-0.1, -0.05) is 12.1 Å². The van der Waals surface area contributed by atoms with E-state index in [0.717, 1.165) is 0 Å². The van der Waals surface area contributed by atoms with Crippen LogP contribution in [0.4, 0.5) is 10.5 Å². The largest absolute Gasteiger partial charge is 0.480 e. The van der Waals surface area contributed by atoms with Gasteiger partial charge >= 0.3 is 12.1 Å². The van der Waals surface area contributed by atoms with Crippen LogP contribution in [0, 0.1) is 0 Å². The van der Waals surface area contributed by atoms with Crippen LogP contribution in [-0.2, 0) is 11.2 Å². The molecule has 6 nitrogen and oxygen atoms in total. The standard InChI is InChI=1S/C10H12N2O4/c11-8(9(13)14)5-6-2-1-3-7(4-6)12-10(15)16/h1-4,8,12H,5,11H2,(H,13,14)(H,15,16). The lowest BCUT2D eigenvalue weighted by Gasteiger charge is -2.08. The predicted octanol–water partition coefficient (Wildman–Crippen LogP) is 0.731. The van der Waals surface area contributed by atoms with Crippen molar-refractivity contribution >= 4 is 17.7 Å². The van der Waals surface area contributed by atoms with Gasteiger partial charge in [-0.3, -0.25) is 10.1 Å². The van der Waals surface area contributed by atoms with Gasteiger partial charge in [-0.15, -0.1) is 0 Å². The Morgan fingerprint density at radius 3 is 2.62 bits per heavy atom. The average Bonchev–Trinajstić information content (AvgIpc) is 2.16. The predicted molar refractivity (Wildman–Crippen MR) is 57.4 cm³/mol. The van der Waals surface area contributed by atoms with Crippen molar-refractivity contribution in [2.24, 2.45) is 5.73 Å². The minimum atomic E-state index is -1.17. The Kier molecular flexibility index (Phi) is 3.84. The van der Waals surface area contributed by atoms with Gasteiger partial charge in [0.25, 0.3) is 0 Å². The van der Waals surface area contributed by atoms with Crippen LogP contribution in [0.2, 0.25) is 0 Å². The highest BCUT2D eigenvalue weighted by Crippen LogP contribution is 2.11. The Labute approximate surface area is 91.7 Å². The minimum absolute atomic E-state index is 0.157. The van der Waals surface area contributed by atoms with Gasteiger partial charge in [-0.25, -0.2) is 4.79 Å². The van der Waals surface area contributed by atoms with E-state index in [4.69, 9.17) is 15.9 Å². The first-order valence-corrected chi connectivity index (χ1v) is 4.56. The van der Waals surface area contributed by atoms with Crippen LogP contribution in [0.25, 0.3) is 0 Å². The van der Waals surface area contributed by atoms with Crippen LogP contribution in [0.3, 0.4) is 0 Å². The van der Waals surface area contributed by atoms with Crippen molar-refractivity contribution in [1.82, 2.24) is 0 Å². The quantitative estimate of drug-likeness (QED) is 0.602. The molecule has 86 valence electrons. The summed E-state index contributed by atoms with van der Waals surface area (Å²) in [5.74, 6) is -1.09. The highest BCUT2D eigenvalue weighted by Gasteiger charge is 2.12. The summed E-state index contributed by atoms with van der Waals surface area (Å²) >= 11 is 0. The maximum atomic E-state index is 10.5. The molecule has 0 heterocycles. The Morgan fingerprint density at radius 2 is 2.06 bits per heavy atom. The van der Waals surface area contributed by atoms with Crippen LogP contribution < -0.4 is 11.1 Å². The fraction of sp³-hybridized carbons (Fsp3) is 0.200. The fourth-order valence-corrected chi connectivity index (χ4v) is 1.24. The first-order chi connectivity index (χ1) is 7.49. The van der Waals surface area contributed by atoms with Crippen molar-refractivity contribution < 1.29 is 19.8 Å². The Morgan fingerprint density at radius 1 is 1.38 bits per heavy atom. The van der Waals surface area contributed by atoms with E-state index in [0.29, 0.717) is 11.3 Å². The van der Waals surface area contributed by atoms with E-state index in [-0.39, 0.29) is 6.42 Å². The summed E-state index contributed by atoms with van der Waals surface area (Å²) in [6.07, 6.45) is -1.01. The first-order valence-electron chi connectivity index (χ1n) is 4.56. The van der Waals surface area contributed by atoms with E-state index in [1.807, 2.05) is 0 Å². The first kappa shape index (κ1) is 12.0. The minimum Gasteiger partial charge on any atom is -0.480 e. The van der Waals surface area contributed by atoms with Crippen LogP contribution in [-0.4, -0.2) is 28.3 Å². The van der Waals surface area contributed by atoms with Crippen molar-refractivity contribution in [1.29, 1.82) is 0 Å². The van der Waals surface area contributed by atoms with Crippen molar-refractivity contribution in [3.63, 3.8) is 0 Å². The lowest BCUT2D eigenvalue weighted by Crippen LogP contribution is -2.32. The fourth-order valence-electron chi connectivity index (χ4n) is 1.24. The molecule has 0 aromatic heterocycles. The molecule has 1 unspecified atom stereocenters. The van der Waals surface area contributed by atoms with Crippen LogP contribution in [0.15, 0.2) is 24.3 Å². The summed E-state index contributed by atoms with van der Waals surface area (Å²) in [6, 6.07) is 5.46. The molecular formula is C10H12N2O4. The summed E-state index contributed by atoms with van der Waals surface area (Å²) in [5, 5.41) is 19.3.